The molecule has 3 aromatic carbocycles. The van der Waals surface area contributed by atoms with Gasteiger partial charge in [-0.15, -0.1) is 0 Å². The maximum absolute atomic E-state index is 13.8. The molecule has 356 valence electrons. The second kappa shape index (κ2) is 24.8. The van der Waals surface area contributed by atoms with Gasteiger partial charge in [-0.2, -0.15) is 5.06 Å². The van der Waals surface area contributed by atoms with E-state index in [0.717, 1.165) is 23.5 Å². The zero-order chi connectivity index (χ0) is 48.3. The number of furan rings is 1. The number of esters is 2. The Bertz CT molecular complexity index is 2350. The number of hydroxylamine groups is 2. The molecule has 1 fully saturated rings. The quantitative estimate of drug-likeness (QED) is 0.0194. The minimum absolute atomic E-state index is 0.0244. The van der Waals surface area contributed by atoms with Gasteiger partial charge in [0.1, 0.15) is 36.5 Å². The van der Waals surface area contributed by atoms with Crippen LogP contribution in [0.3, 0.4) is 0 Å². The Morgan fingerprint density at radius 3 is 2.10 bits per heavy atom. The number of carbonyl (C=O) groups is 8. The van der Waals surface area contributed by atoms with Crippen molar-refractivity contribution in [2.45, 2.75) is 104 Å². The summed E-state index contributed by atoms with van der Waals surface area (Å²) in [5.41, 5.74) is 1.03. The molecule has 0 unspecified atom stereocenters. The number of nitrogens with one attached hydrogen (secondary N) is 3. The second-order valence-electron chi connectivity index (χ2n) is 16.5. The first-order valence-corrected chi connectivity index (χ1v) is 22.3. The molecular weight excluding hydrogens is 865 g/mol. The average molecular weight is 923 g/mol. The summed E-state index contributed by atoms with van der Waals surface area (Å²) in [6, 6.07) is 23.0. The van der Waals surface area contributed by atoms with Gasteiger partial charge in [0.05, 0.1) is 29.6 Å². The molecule has 1 aliphatic carbocycles. The summed E-state index contributed by atoms with van der Waals surface area (Å²) in [6.45, 7) is 5.84. The van der Waals surface area contributed by atoms with Crippen molar-refractivity contribution in [2.75, 3.05) is 13.3 Å². The molecule has 5 rings (SSSR count). The normalized spacial score (nSPS) is 13.7. The van der Waals surface area contributed by atoms with Crippen molar-refractivity contribution in [3.8, 4) is 17.1 Å². The van der Waals surface area contributed by atoms with Gasteiger partial charge in [-0.1, -0.05) is 99.8 Å². The number of amides is 4. The maximum Gasteiger partial charge on any atom is 0.344 e. The molecule has 0 saturated heterocycles. The molecule has 0 aliphatic heterocycles. The SMILES string of the molecule is CCCCC[C@@H](C(=O)NCNC(=O)c1ccc(-c2ccc(C(=O)N[C@@H](CC(C)=O)C(=O)OCc3ccccc3)c(OCC(=O)OCc3ccccc3)c2)o1)[C@@H](CC)N(C=O)OC(=O)C1(C)CC1. The average Bonchev–Trinajstić information content (AvgIpc) is 3.89. The Balaban J connectivity index is 1.28. The summed E-state index contributed by atoms with van der Waals surface area (Å²) < 4.78 is 22.5. The molecule has 4 aromatic rings. The second-order valence-corrected chi connectivity index (χ2v) is 16.5. The predicted octanol–water partition coefficient (Wildman–Crippen LogP) is 6.39. The van der Waals surface area contributed by atoms with Crippen LogP contribution in [-0.2, 0) is 56.3 Å². The first-order chi connectivity index (χ1) is 32.2. The van der Waals surface area contributed by atoms with Crippen LogP contribution in [0.1, 0.15) is 111 Å². The van der Waals surface area contributed by atoms with E-state index in [1.807, 2.05) is 19.1 Å². The van der Waals surface area contributed by atoms with E-state index < -0.39 is 65.7 Å². The van der Waals surface area contributed by atoms with Crippen LogP contribution in [0.5, 0.6) is 5.75 Å². The maximum atomic E-state index is 13.8. The summed E-state index contributed by atoms with van der Waals surface area (Å²) in [5, 5.41) is 8.82. The van der Waals surface area contributed by atoms with Gasteiger partial charge in [0.15, 0.2) is 12.4 Å². The van der Waals surface area contributed by atoms with Crippen LogP contribution in [0.25, 0.3) is 11.3 Å². The topological polar surface area (TPSA) is 226 Å². The van der Waals surface area contributed by atoms with E-state index in [9.17, 15) is 38.4 Å². The van der Waals surface area contributed by atoms with Gasteiger partial charge in [-0.3, -0.25) is 24.0 Å². The highest BCUT2D eigenvalue weighted by atomic mass is 16.7. The molecule has 0 spiro atoms. The van der Waals surface area contributed by atoms with Crippen molar-refractivity contribution >= 4 is 47.8 Å². The van der Waals surface area contributed by atoms with Crippen molar-refractivity contribution in [3.05, 3.63) is 113 Å². The number of carbonyl (C=O) groups excluding carboxylic acids is 8. The van der Waals surface area contributed by atoms with Crippen LogP contribution in [0.15, 0.2) is 95.4 Å². The largest absolute Gasteiger partial charge is 0.481 e. The molecule has 17 nitrogen and oxygen atoms in total. The molecule has 4 amide bonds. The summed E-state index contributed by atoms with van der Waals surface area (Å²) in [6.07, 6.45) is 4.54. The van der Waals surface area contributed by atoms with E-state index in [2.05, 4.69) is 16.0 Å². The number of nitrogens with zero attached hydrogens (tertiary/aromatic N) is 1. The van der Waals surface area contributed by atoms with E-state index in [1.165, 1.54) is 37.3 Å². The summed E-state index contributed by atoms with van der Waals surface area (Å²) in [4.78, 5) is 109. The van der Waals surface area contributed by atoms with Crippen molar-refractivity contribution < 1.29 is 61.8 Å². The monoisotopic (exact) mass is 922 g/mol. The zero-order valence-corrected chi connectivity index (χ0v) is 38.2. The number of ketones is 1. The van der Waals surface area contributed by atoms with E-state index in [-0.39, 0.29) is 54.9 Å². The van der Waals surface area contributed by atoms with Gasteiger partial charge < -0.3 is 39.4 Å². The first-order valence-electron chi connectivity index (χ1n) is 22.3. The third-order valence-electron chi connectivity index (χ3n) is 11.2. The van der Waals surface area contributed by atoms with Crippen molar-refractivity contribution in [1.82, 2.24) is 21.0 Å². The third-order valence-corrected chi connectivity index (χ3v) is 11.2. The fourth-order valence-electron chi connectivity index (χ4n) is 7.01. The molecule has 67 heavy (non-hydrogen) atoms. The fraction of sp³-hybridized carbons (Fsp3) is 0.400. The lowest BCUT2D eigenvalue weighted by molar-refractivity contribution is -0.208. The molecular formula is C50H58N4O13. The Morgan fingerprint density at radius 1 is 0.821 bits per heavy atom. The van der Waals surface area contributed by atoms with Crippen molar-refractivity contribution in [3.63, 3.8) is 0 Å². The summed E-state index contributed by atoms with van der Waals surface area (Å²) in [5.74, 6) is -5.22. The highest BCUT2D eigenvalue weighted by Crippen LogP contribution is 2.46. The minimum atomic E-state index is -1.35. The lowest BCUT2D eigenvalue weighted by Crippen LogP contribution is -2.49. The van der Waals surface area contributed by atoms with Crippen LogP contribution in [0, 0.1) is 11.3 Å². The Hall–Kier alpha value is -7.30. The molecule has 17 heteroatoms. The van der Waals surface area contributed by atoms with E-state index in [0.29, 0.717) is 49.6 Å². The smallest absolute Gasteiger partial charge is 0.344 e. The molecule has 3 N–H and O–H groups in total. The van der Waals surface area contributed by atoms with Crippen LogP contribution in [0.4, 0.5) is 0 Å². The fourth-order valence-corrected chi connectivity index (χ4v) is 7.01. The molecule has 1 aromatic heterocycles. The number of benzene rings is 3. The minimum Gasteiger partial charge on any atom is -0.481 e. The molecule has 0 radical (unpaired) electrons. The van der Waals surface area contributed by atoms with Gasteiger partial charge >= 0.3 is 17.9 Å². The van der Waals surface area contributed by atoms with Gasteiger partial charge in [-0.25, -0.2) is 14.4 Å². The van der Waals surface area contributed by atoms with Gasteiger partial charge in [-0.05, 0) is 74.9 Å². The van der Waals surface area contributed by atoms with E-state index in [1.54, 1.807) is 62.4 Å². The van der Waals surface area contributed by atoms with Gasteiger partial charge in [0.25, 0.3) is 11.8 Å². The molecule has 1 saturated carbocycles. The lowest BCUT2D eigenvalue weighted by Gasteiger charge is -2.32. The number of hydrogen-bond donors (Lipinski definition) is 3. The van der Waals surface area contributed by atoms with Crippen LogP contribution in [0.2, 0.25) is 0 Å². The number of Topliss-reactive ketones (excluding diaryl/α,β-unsaturated/α-hetero) is 1. The molecule has 1 heterocycles. The predicted molar refractivity (Wildman–Crippen MR) is 242 cm³/mol. The van der Waals surface area contributed by atoms with E-state index in [4.69, 9.17) is 23.5 Å². The lowest BCUT2D eigenvalue weighted by atomic mass is 9.90. The summed E-state index contributed by atoms with van der Waals surface area (Å²) >= 11 is 0. The van der Waals surface area contributed by atoms with Crippen LogP contribution in [-0.4, -0.2) is 78.2 Å². The van der Waals surface area contributed by atoms with Crippen LogP contribution >= 0.6 is 0 Å². The molecule has 1 aliphatic rings. The zero-order valence-electron chi connectivity index (χ0n) is 38.2. The standard InChI is InChI=1S/C50H58N4O13/c1-5-7-10-19-37(40(6-2)54(32-55)67-49(62)50(4)24-25-50)45(58)51-31-52-47(60)42-23-22-41(66-42)36-20-21-38(43(27-36)63-30-44(57)64-28-34-15-11-8-12-16-34)46(59)53-39(26-33(3)56)48(61)65-29-35-17-13-9-14-18-35/h8-9,11-18,20-23,27,32,37,39-40H,5-7,10,19,24-26,28-31H2,1-4H3,(H,51,58)(H,52,60)(H,53,59)/t37-,39+,40-/m1/s1. The van der Waals surface area contributed by atoms with Gasteiger partial charge in [0.2, 0.25) is 12.3 Å². The highest BCUT2D eigenvalue weighted by molar-refractivity contribution is 6.00. The number of unbranched alkanes of at least 4 members (excludes halogenated alkanes) is 2. The van der Waals surface area contributed by atoms with Crippen molar-refractivity contribution in [1.29, 1.82) is 0 Å². The molecule has 3 atom stereocenters. The first kappa shape index (κ1) is 50.7. The number of hydrogen-bond acceptors (Lipinski definition) is 13. The number of ether oxygens (including phenoxy) is 3. The third kappa shape index (κ3) is 15.1. The summed E-state index contributed by atoms with van der Waals surface area (Å²) in [7, 11) is 0. The Kier molecular flexibility index (Phi) is 18.8. The molecule has 0 bridgehead atoms. The van der Waals surface area contributed by atoms with Crippen molar-refractivity contribution in [2.24, 2.45) is 11.3 Å². The van der Waals surface area contributed by atoms with E-state index >= 15 is 0 Å². The van der Waals surface area contributed by atoms with Gasteiger partial charge in [0, 0.05) is 12.0 Å². The van der Waals surface area contributed by atoms with Crippen LogP contribution < -0.4 is 20.7 Å². The highest BCUT2D eigenvalue weighted by Gasteiger charge is 2.48. The Morgan fingerprint density at radius 2 is 1.49 bits per heavy atom. The number of rotatable bonds is 27. The Labute approximate surface area is 389 Å².